The number of nitrogens with zero attached hydrogens (tertiary/aromatic N) is 1. The number of hydrogen-bond acceptors (Lipinski definition) is 2. The Morgan fingerprint density at radius 2 is 2.19 bits per heavy atom. The van der Waals surface area contributed by atoms with Gasteiger partial charge in [-0.15, -0.1) is 0 Å². The topological polar surface area (TPSA) is 40.7 Å². The Morgan fingerprint density at radius 1 is 1.38 bits per heavy atom. The minimum absolute atomic E-state index is 0.305. The highest BCUT2D eigenvalue weighted by atomic mass is 79.9. The van der Waals surface area contributed by atoms with Crippen molar-refractivity contribution in [2.45, 2.75) is 19.5 Å². The van der Waals surface area contributed by atoms with E-state index in [1.807, 2.05) is 12.1 Å². The van der Waals surface area contributed by atoms with Crippen LogP contribution in [-0.2, 0) is 6.54 Å². The molecule has 2 N–H and O–H groups in total. The van der Waals surface area contributed by atoms with Crippen molar-refractivity contribution in [1.29, 1.82) is 0 Å². The third-order valence-corrected chi connectivity index (χ3v) is 3.25. The van der Waals surface area contributed by atoms with Gasteiger partial charge in [-0.2, -0.15) is 5.10 Å². The van der Waals surface area contributed by atoms with Crippen molar-refractivity contribution in [3.05, 3.63) is 52.3 Å². The van der Waals surface area contributed by atoms with Crippen molar-refractivity contribution in [3.8, 4) is 0 Å². The van der Waals surface area contributed by atoms with Gasteiger partial charge < -0.3 is 5.32 Å². The Morgan fingerprint density at radius 3 is 2.88 bits per heavy atom. The number of aromatic amines is 1. The fraction of sp³-hybridized carbons (Fsp3) is 0.250. The second-order valence-electron chi connectivity index (χ2n) is 3.71. The zero-order valence-electron chi connectivity index (χ0n) is 9.07. The van der Waals surface area contributed by atoms with E-state index in [4.69, 9.17) is 0 Å². The van der Waals surface area contributed by atoms with Gasteiger partial charge in [-0.05, 0) is 24.6 Å². The molecule has 16 heavy (non-hydrogen) atoms. The maximum absolute atomic E-state index is 3.92. The van der Waals surface area contributed by atoms with Crippen molar-refractivity contribution in [2.24, 2.45) is 0 Å². The Hall–Kier alpha value is -1.13. The van der Waals surface area contributed by atoms with Crippen molar-refractivity contribution in [2.75, 3.05) is 0 Å². The van der Waals surface area contributed by atoms with E-state index in [2.05, 4.69) is 56.6 Å². The zero-order chi connectivity index (χ0) is 11.4. The second kappa shape index (κ2) is 5.27. The van der Waals surface area contributed by atoms with E-state index in [-0.39, 0.29) is 0 Å². The van der Waals surface area contributed by atoms with Crippen LogP contribution in [0.4, 0.5) is 0 Å². The van der Waals surface area contributed by atoms with E-state index in [0.717, 1.165) is 16.7 Å². The minimum Gasteiger partial charge on any atom is -0.305 e. The molecule has 0 fully saturated rings. The number of benzene rings is 1. The number of H-pyrrole nitrogens is 1. The summed E-state index contributed by atoms with van der Waals surface area (Å²) in [5.41, 5.74) is 2.36. The van der Waals surface area contributed by atoms with E-state index in [9.17, 15) is 0 Å². The molecule has 0 aliphatic carbocycles. The predicted octanol–water partition coefficient (Wildman–Crippen LogP) is 3.02. The first kappa shape index (κ1) is 11.4. The fourth-order valence-electron chi connectivity index (χ4n) is 1.58. The lowest BCUT2D eigenvalue weighted by Gasteiger charge is -2.15. The second-order valence-corrected chi connectivity index (χ2v) is 4.56. The van der Waals surface area contributed by atoms with E-state index in [1.54, 1.807) is 6.20 Å². The molecular formula is C12H14BrN3. The molecule has 0 aliphatic heterocycles. The smallest absolute Gasteiger partial charge is 0.0490 e. The number of hydrogen-bond donors (Lipinski definition) is 2. The Balaban J connectivity index is 1.98. The number of rotatable bonds is 4. The van der Waals surface area contributed by atoms with Crippen molar-refractivity contribution in [3.63, 3.8) is 0 Å². The van der Waals surface area contributed by atoms with Crippen LogP contribution in [0.25, 0.3) is 0 Å². The lowest BCUT2D eigenvalue weighted by Crippen LogP contribution is -2.18. The number of nitrogens with one attached hydrogen (secondary N) is 2. The standard InChI is InChI=1S/C12H14BrN3/c1-9(11-4-2-3-5-12(11)13)14-8-10-6-7-15-16-10/h2-7,9,14H,8H2,1H3,(H,15,16). The van der Waals surface area contributed by atoms with Gasteiger partial charge in [0.2, 0.25) is 0 Å². The lowest BCUT2D eigenvalue weighted by molar-refractivity contribution is 0.565. The van der Waals surface area contributed by atoms with Gasteiger partial charge in [-0.1, -0.05) is 34.1 Å². The molecule has 1 atom stereocenters. The van der Waals surface area contributed by atoms with E-state index < -0.39 is 0 Å². The molecule has 0 radical (unpaired) electrons. The molecule has 0 saturated heterocycles. The van der Waals surface area contributed by atoms with Crippen LogP contribution < -0.4 is 5.32 Å². The summed E-state index contributed by atoms with van der Waals surface area (Å²) < 4.78 is 1.14. The summed E-state index contributed by atoms with van der Waals surface area (Å²) in [6.07, 6.45) is 1.76. The van der Waals surface area contributed by atoms with Crippen LogP contribution >= 0.6 is 15.9 Å². The van der Waals surface area contributed by atoms with Crippen LogP contribution in [0.3, 0.4) is 0 Å². The normalized spacial score (nSPS) is 12.6. The molecular weight excluding hydrogens is 266 g/mol. The van der Waals surface area contributed by atoms with E-state index >= 15 is 0 Å². The molecule has 0 bridgehead atoms. The van der Waals surface area contributed by atoms with Gasteiger partial charge in [-0.25, -0.2) is 0 Å². The van der Waals surface area contributed by atoms with E-state index in [0.29, 0.717) is 6.04 Å². The highest BCUT2D eigenvalue weighted by molar-refractivity contribution is 9.10. The van der Waals surface area contributed by atoms with Crippen molar-refractivity contribution < 1.29 is 0 Å². The summed E-state index contributed by atoms with van der Waals surface area (Å²) in [4.78, 5) is 0. The molecule has 1 aromatic carbocycles. The van der Waals surface area contributed by atoms with Gasteiger partial charge in [0.15, 0.2) is 0 Å². The molecule has 84 valence electrons. The monoisotopic (exact) mass is 279 g/mol. The summed E-state index contributed by atoms with van der Waals surface area (Å²) in [5.74, 6) is 0. The van der Waals surface area contributed by atoms with Gasteiger partial charge in [0.1, 0.15) is 0 Å². The summed E-state index contributed by atoms with van der Waals surface area (Å²) in [7, 11) is 0. The first-order chi connectivity index (χ1) is 7.77. The molecule has 1 heterocycles. The van der Waals surface area contributed by atoms with E-state index in [1.165, 1.54) is 5.56 Å². The quantitative estimate of drug-likeness (QED) is 0.903. The Labute approximate surface area is 103 Å². The first-order valence-corrected chi connectivity index (χ1v) is 6.02. The minimum atomic E-state index is 0.305. The number of halogens is 1. The maximum atomic E-state index is 3.92. The molecule has 0 spiro atoms. The largest absolute Gasteiger partial charge is 0.305 e. The van der Waals surface area contributed by atoms with Gasteiger partial charge in [-0.3, -0.25) is 5.10 Å². The average Bonchev–Trinajstić information content (AvgIpc) is 2.79. The third kappa shape index (κ3) is 2.71. The highest BCUT2D eigenvalue weighted by Gasteiger charge is 2.07. The SMILES string of the molecule is CC(NCc1ccn[nH]1)c1ccccc1Br. The molecule has 2 aromatic rings. The van der Waals surface area contributed by atoms with Crippen molar-refractivity contribution in [1.82, 2.24) is 15.5 Å². The van der Waals surface area contributed by atoms with Crippen LogP contribution in [-0.4, -0.2) is 10.2 Å². The molecule has 0 saturated carbocycles. The van der Waals surface area contributed by atoms with Gasteiger partial charge in [0, 0.05) is 29.0 Å². The third-order valence-electron chi connectivity index (χ3n) is 2.53. The molecule has 1 aromatic heterocycles. The Kier molecular flexibility index (Phi) is 3.74. The molecule has 2 rings (SSSR count). The molecule has 0 amide bonds. The zero-order valence-corrected chi connectivity index (χ0v) is 10.7. The Bertz CT molecular complexity index is 439. The van der Waals surface area contributed by atoms with Crippen LogP contribution in [0.15, 0.2) is 41.0 Å². The van der Waals surface area contributed by atoms with Crippen LogP contribution in [0, 0.1) is 0 Å². The highest BCUT2D eigenvalue weighted by Crippen LogP contribution is 2.22. The maximum Gasteiger partial charge on any atom is 0.0490 e. The summed E-state index contributed by atoms with van der Waals surface area (Å²) in [6, 6.07) is 10.5. The molecule has 0 aliphatic rings. The van der Waals surface area contributed by atoms with Gasteiger partial charge in [0.25, 0.3) is 0 Å². The number of aromatic nitrogens is 2. The summed E-state index contributed by atoms with van der Waals surface area (Å²) in [5, 5.41) is 10.3. The lowest BCUT2D eigenvalue weighted by atomic mass is 10.1. The summed E-state index contributed by atoms with van der Waals surface area (Å²) >= 11 is 3.56. The average molecular weight is 280 g/mol. The summed E-state index contributed by atoms with van der Waals surface area (Å²) in [6.45, 7) is 2.94. The van der Waals surface area contributed by atoms with Crippen LogP contribution in [0.1, 0.15) is 24.2 Å². The molecule has 4 heteroatoms. The predicted molar refractivity (Wildman–Crippen MR) is 68.0 cm³/mol. The molecule has 3 nitrogen and oxygen atoms in total. The fourth-order valence-corrected chi connectivity index (χ4v) is 2.21. The van der Waals surface area contributed by atoms with Crippen LogP contribution in [0.2, 0.25) is 0 Å². The van der Waals surface area contributed by atoms with Gasteiger partial charge >= 0.3 is 0 Å². The molecule has 1 unspecified atom stereocenters. The van der Waals surface area contributed by atoms with Crippen LogP contribution in [0.5, 0.6) is 0 Å². The van der Waals surface area contributed by atoms with Crippen molar-refractivity contribution >= 4 is 15.9 Å². The van der Waals surface area contributed by atoms with Gasteiger partial charge in [0.05, 0.1) is 0 Å². The first-order valence-electron chi connectivity index (χ1n) is 5.23.